The molecule has 0 aliphatic carbocycles. The average molecular weight is 297 g/mol. The predicted octanol–water partition coefficient (Wildman–Crippen LogP) is 2.27. The van der Waals surface area contributed by atoms with E-state index in [1.165, 1.54) is 19.2 Å². The monoisotopic (exact) mass is 297 g/mol. The van der Waals surface area contributed by atoms with E-state index in [0.717, 1.165) is 6.42 Å². The topological polar surface area (TPSA) is 127 Å². The van der Waals surface area contributed by atoms with Crippen LogP contribution in [0.3, 0.4) is 0 Å². The summed E-state index contributed by atoms with van der Waals surface area (Å²) < 4.78 is 5.09. The Morgan fingerprint density at radius 3 is 2.82 bits per heavy atom. The number of nitroso groups, excluding NO2 is 1. The van der Waals surface area contributed by atoms with Crippen molar-refractivity contribution in [2.24, 2.45) is 15.9 Å². The number of methoxy groups -OCH3 is 1. The lowest BCUT2D eigenvalue weighted by atomic mass is 10.0. The number of rotatable bonds is 4. The van der Waals surface area contributed by atoms with Gasteiger partial charge in [-0.25, -0.2) is 0 Å². The summed E-state index contributed by atoms with van der Waals surface area (Å²) in [6, 6.07) is 5.07. The minimum Gasteiger partial charge on any atom is -0.494 e. The van der Waals surface area contributed by atoms with Gasteiger partial charge < -0.3 is 16.2 Å². The van der Waals surface area contributed by atoms with E-state index < -0.39 is 0 Å². The van der Waals surface area contributed by atoms with E-state index in [2.05, 4.69) is 16.2 Å². The Morgan fingerprint density at radius 1 is 1.50 bits per heavy atom. The van der Waals surface area contributed by atoms with Crippen LogP contribution in [-0.2, 0) is 0 Å². The molecular formula is C15H15N5O2. The first-order valence-corrected chi connectivity index (χ1v) is 6.54. The molecule has 0 spiro atoms. The molecule has 112 valence electrons. The number of ether oxygens (including phenoxy) is 1. The van der Waals surface area contributed by atoms with Gasteiger partial charge in [-0.2, -0.15) is 5.26 Å². The van der Waals surface area contributed by atoms with E-state index in [4.69, 9.17) is 16.2 Å². The summed E-state index contributed by atoms with van der Waals surface area (Å²) in [4.78, 5) is 15.1. The summed E-state index contributed by atoms with van der Waals surface area (Å²) in [5.74, 6) is 0.200. The number of nitrogens with two attached hydrogens (primary N) is 2. The highest BCUT2D eigenvalue weighted by Crippen LogP contribution is 2.36. The van der Waals surface area contributed by atoms with Gasteiger partial charge in [0.05, 0.1) is 24.2 Å². The zero-order valence-electron chi connectivity index (χ0n) is 12.0. The SMILES string of the molecule is COc1cc(/C(N)=C(\C#N)C2=NCCC=C2)cc(N)c1N=O. The first-order valence-electron chi connectivity index (χ1n) is 6.54. The van der Waals surface area contributed by atoms with Crippen LogP contribution in [0.25, 0.3) is 5.70 Å². The quantitative estimate of drug-likeness (QED) is 0.500. The largest absolute Gasteiger partial charge is 0.494 e. The Morgan fingerprint density at radius 2 is 2.27 bits per heavy atom. The third-order valence-electron chi connectivity index (χ3n) is 3.22. The van der Waals surface area contributed by atoms with Crippen LogP contribution < -0.4 is 16.2 Å². The van der Waals surface area contributed by atoms with Crippen LogP contribution in [0.1, 0.15) is 12.0 Å². The second kappa shape index (κ2) is 6.54. The number of nitriles is 1. The number of dihydropyridines is 1. The van der Waals surface area contributed by atoms with Gasteiger partial charge in [0.15, 0.2) is 11.4 Å². The zero-order valence-corrected chi connectivity index (χ0v) is 12.0. The van der Waals surface area contributed by atoms with Crippen molar-refractivity contribution in [3.63, 3.8) is 0 Å². The van der Waals surface area contributed by atoms with Crippen LogP contribution in [-0.4, -0.2) is 19.4 Å². The van der Waals surface area contributed by atoms with Crippen LogP contribution in [0.5, 0.6) is 5.75 Å². The molecule has 4 N–H and O–H groups in total. The van der Waals surface area contributed by atoms with Crippen LogP contribution in [0.15, 0.2) is 40.0 Å². The van der Waals surface area contributed by atoms with Gasteiger partial charge in [-0.15, -0.1) is 4.91 Å². The van der Waals surface area contributed by atoms with Crippen molar-refractivity contribution >= 4 is 22.8 Å². The second-order valence-electron chi connectivity index (χ2n) is 4.57. The lowest BCUT2D eigenvalue weighted by Gasteiger charge is -2.12. The van der Waals surface area contributed by atoms with E-state index >= 15 is 0 Å². The average Bonchev–Trinajstić information content (AvgIpc) is 2.55. The summed E-state index contributed by atoms with van der Waals surface area (Å²) in [5, 5.41) is 12.2. The van der Waals surface area contributed by atoms with Gasteiger partial charge >= 0.3 is 0 Å². The van der Waals surface area contributed by atoms with Gasteiger partial charge in [0.2, 0.25) is 0 Å². The van der Waals surface area contributed by atoms with Crippen molar-refractivity contribution in [2.75, 3.05) is 19.4 Å². The van der Waals surface area contributed by atoms with Crippen LogP contribution in [0.2, 0.25) is 0 Å². The maximum Gasteiger partial charge on any atom is 0.172 e. The van der Waals surface area contributed by atoms with E-state index in [9.17, 15) is 10.2 Å². The Labute approximate surface area is 127 Å². The Balaban J connectivity index is 2.58. The fourth-order valence-electron chi connectivity index (χ4n) is 2.11. The zero-order chi connectivity index (χ0) is 16.1. The van der Waals surface area contributed by atoms with Gasteiger partial charge in [0.1, 0.15) is 11.6 Å². The minimum atomic E-state index is 0.00691. The Hall–Kier alpha value is -3.14. The molecule has 0 bridgehead atoms. The van der Waals surface area contributed by atoms with E-state index in [1.807, 2.05) is 6.08 Å². The molecule has 0 atom stereocenters. The number of nitrogens with zero attached hydrogens (tertiary/aromatic N) is 3. The number of anilines is 1. The molecule has 1 aromatic carbocycles. The van der Waals surface area contributed by atoms with Crippen LogP contribution in [0, 0.1) is 16.2 Å². The molecule has 0 radical (unpaired) electrons. The maximum absolute atomic E-state index is 10.8. The highest BCUT2D eigenvalue weighted by Gasteiger charge is 2.16. The lowest BCUT2D eigenvalue weighted by Crippen LogP contribution is -2.10. The Bertz CT molecular complexity index is 741. The molecule has 7 nitrogen and oxygen atoms in total. The third kappa shape index (κ3) is 2.81. The molecule has 2 rings (SSSR count). The van der Waals surface area contributed by atoms with Gasteiger partial charge in [-0.1, -0.05) is 6.08 Å². The normalized spacial score (nSPS) is 14.6. The van der Waals surface area contributed by atoms with Crippen molar-refractivity contribution in [1.29, 1.82) is 5.26 Å². The van der Waals surface area contributed by atoms with Crippen molar-refractivity contribution in [3.8, 4) is 11.8 Å². The number of nitrogen functional groups attached to an aromatic ring is 1. The molecule has 0 aromatic heterocycles. The molecule has 0 fully saturated rings. The van der Waals surface area contributed by atoms with Gasteiger partial charge in [-0.3, -0.25) is 4.99 Å². The molecule has 1 aliphatic rings. The summed E-state index contributed by atoms with van der Waals surface area (Å²) in [6.07, 6.45) is 4.53. The lowest BCUT2D eigenvalue weighted by molar-refractivity contribution is 0.416. The highest BCUT2D eigenvalue weighted by molar-refractivity contribution is 6.16. The van der Waals surface area contributed by atoms with E-state index in [0.29, 0.717) is 17.8 Å². The standard InChI is InChI=1S/C15H15N5O2/c1-22-13-7-9(6-11(17)15(13)20-21)14(18)10(8-16)12-4-2-3-5-19-12/h2,4,6-7H,3,5,17-18H2,1H3/b14-10-. The molecule has 7 heteroatoms. The molecule has 0 saturated heterocycles. The van der Waals surface area contributed by atoms with Crippen molar-refractivity contribution in [1.82, 2.24) is 0 Å². The Kier molecular flexibility index (Phi) is 4.53. The molecule has 22 heavy (non-hydrogen) atoms. The summed E-state index contributed by atoms with van der Waals surface area (Å²) in [7, 11) is 1.40. The van der Waals surface area contributed by atoms with Gasteiger partial charge in [-0.05, 0) is 29.8 Å². The summed E-state index contributed by atoms with van der Waals surface area (Å²) >= 11 is 0. The fourth-order valence-corrected chi connectivity index (χ4v) is 2.11. The molecule has 1 aromatic rings. The molecule has 0 saturated carbocycles. The van der Waals surface area contributed by atoms with Gasteiger partial charge in [0.25, 0.3) is 0 Å². The smallest absolute Gasteiger partial charge is 0.172 e. The molecule has 1 aliphatic heterocycles. The van der Waals surface area contributed by atoms with E-state index in [1.54, 1.807) is 6.08 Å². The molecule has 0 amide bonds. The van der Waals surface area contributed by atoms with Gasteiger partial charge in [0, 0.05) is 12.1 Å². The summed E-state index contributed by atoms with van der Waals surface area (Å²) in [6.45, 7) is 0.615. The first kappa shape index (κ1) is 15.3. The van der Waals surface area contributed by atoms with Crippen LogP contribution in [0.4, 0.5) is 11.4 Å². The van der Waals surface area contributed by atoms with Crippen molar-refractivity contribution in [2.45, 2.75) is 6.42 Å². The number of hydrogen-bond acceptors (Lipinski definition) is 7. The maximum atomic E-state index is 10.8. The first-order chi connectivity index (χ1) is 10.6. The van der Waals surface area contributed by atoms with E-state index in [-0.39, 0.29) is 28.4 Å². The fraction of sp³-hybridized carbons (Fsp3) is 0.200. The van der Waals surface area contributed by atoms with Crippen molar-refractivity contribution < 1.29 is 4.74 Å². The molecule has 1 heterocycles. The number of hydrogen-bond donors (Lipinski definition) is 2. The number of benzene rings is 1. The minimum absolute atomic E-state index is 0.00691. The second-order valence-corrected chi connectivity index (χ2v) is 4.57. The number of allylic oxidation sites excluding steroid dienone is 2. The van der Waals surface area contributed by atoms with Crippen molar-refractivity contribution in [3.05, 3.63) is 40.3 Å². The predicted molar refractivity (Wildman–Crippen MR) is 85.6 cm³/mol. The third-order valence-corrected chi connectivity index (χ3v) is 3.22. The summed E-state index contributed by atoms with van der Waals surface area (Å²) in [5.41, 5.74) is 13.5. The number of aliphatic imine (C=N–C) groups is 1. The highest BCUT2D eigenvalue weighted by atomic mass is 16.5. The molecule has 0 unspecified atom stereocenters. The van der Waals surface area contributed by atoms with Crippen LogP contribution >= 0.6 is 0 Å². The molecular weight excluding hydrogens is 282 g/mol.